The first-order valence-corrected chi connectivity index (χ1v) is 21.5. The van der Waals surface area contributed by atoms with E-state index in [9.17, 15) is 3.55 Å². The van der Waals surface area contributed by atoms with Crippen LogP contribution >= 0.6 is 0 Å². The Bertz CT molecular complexity index is 1000. The van der Waals surface area contributed by atoms with Crippen LogP contribution in [0.4, 0.5) is 3.55 Å². The van der Waals surface area contributed by atoms with Crippen LogP contribution in [0.5, 0.6) is 0 Å². The van der Waals surface area contributed by atoms with Gasteiger partial charge in [-0.1, -0.05) is 0 Å². The van der Waals surface area contributed by atoms with Gasteiger partial charge in [-0.25, -0.2) is 0 Å². The number of benzene rings is 4. The molecule has 0 amide bonds. The summed E-state index contributed by atoms with van der Waals surface area (Å²) in [4.78, 5) is 0. The molecule has 0 aromatic heterocycles. The van der Waals surface area contributed by atoms with Crippen LogP contribution in [0.3, 0.4) is 0 Å². The SMILES string of the molecule is F[Se][Se][Se][Se]c1cccc2cc3cc4ccccc4cc3cc12. The molecule has 5 heteroatoms. The van der Waals surface area contributed by atoms with Gasteiger partial charge in [-0.2, -0.15) is 0 Å². The Labute approximate surface area is 155 Å². The van der Waals surface area contributed by atoms with Crippen molar-refractivity contribution in [3.05, 3.63) is 66.7 Å². The first-order valence-electron chi connectivity index (χ1n) is 6.99. The van der Waals surface area contributed by atoms with Crippen molar-refractivity contribution in [1.82, 2.24) is 0 Å². The Morgan fingerprint density at radius 2 is 1.26 bits per heavy atom. The zero-order valence-corrected chi connectivity index (χ0v) is 18.7. The third-order valence-corrected chi connectivity index (χ3v) is 35.5. The van der Waals surface area contributed by atoms with Crippen molar-refractivity contribution in [1.29, 1.82) is 0 Å². The topological polar surface area (TPSA) is 0 Å². The van der Waals surface area contributed by atoms with Crippen LogP contribution in [-0.2, 0) is 0 Å². The van der Waals surface area contributed by atoms with Crippen LogP contribution in [0, 0.1) is 0 Å². The van der Waals surface area contributed by atoms with E-state index in [0.717, 1.165) is 0 Å². The molecule has 4 aromatic carbocycles. The van der Waals surface area contributed by atoms with Crippen molar-refractivity contribution in [3.63, 3.8) is 0 Å². The molecule has 0 radical (unpaired) electrons. The van der Waals surface area contributed by atoms with Gasteiger partial charge in [-0.05, 0) is 0 Å². The van der Waals surface area contributed by atoms with Crippen LogP contribution in [0.25, 0.3) is 32.3 Å². The van der Waals surface area contributed by atoms with Crippen LogP contribution in [-0.4, -0.2) is 49.3 Å². The van der Waals surface area contributed by atoms with E-state index in [1.807, 2.05) is 0 Å². The Balaban J connectivity index is 1.90. The summed E-state index contributed by atoms with van der Waals surface area (Å²) in [6.07, 6.45) is 0. The Hall–Kier alpha value is -0.332. The maximum atomic E-state index is 12.5. The summed E-state index contributed by atoms with van der Waals surface area (Å²) in [5.74, 6) is 0. The molecule has 0 nitrogen and oxygen atoms in total. The second-order valence-corrected chi connectivity index (χ2v) is 28.8. The minimum absolute atomic E-state index is 0.273. The van der Waals surface area contributed by atoms with Gasteiger partial charge >= 0.3 is 156 Å². The molecule has 0 aliphatic rings. The molecular formula is C18H11FSe4. The summed E-state index contributed by atoms with van der Waals surface area (Å²) < 4.78 is 13.9. The first kappa shape index (κ1) is 16.2. The average Bonchev–Trinajstić information content (AvgIpc) is 2.58. The predicted octanol–water partition coefficient (Wildman–Crippen LogP) is 3.22. The number of hydrogen-bond acceptors (Lipinski definition) is 0. The minimum atomic E-state index is -0.606. The maximum absolute atomic E-state index is 12.5. The molecule has 0 atom stereocenters. The Kier molecular flexibility index (Phi) is 5.11. The number of fused-ring (bicyclic) bond motifs is 3. The van der Waals surface area contributed by atoms with E-state index in [2.05, 4.69) is 66.7 Å². The second kappa shape index (κ2) is 7.28. The van der Waals surface area contributed by atoms with E-state index in [0.29, 0.717) is 24.4 Å². The quantitative estimate of drug-likeness (QED) is 0.204. The fourth-order valence-corrected chi connectivity index (χ4v) is 28.1. The van der Waals surface area contributed by atoms with Crippen LogP contribution < -0.4 is 4.46 Å². The van der Waals surface area contributed by atoms with Crippen molar-refractivity contribution >= 4 is 86.1 Å². The third kappa shape index (κ3) is 3.40. The molecule has 0 unspecified atom stereocenters. The second-order valence-electron chi connectivity index (χ2n) is 5.16. The van der Waals surface area contributed by atoms with Crippen molar-refractivity contribution in [2.24, 2.45) is 0 Å². The van der Waals surface area contributed by atoms with Gasteiger partial charge in [0.05, 0.1) is 0 Å². The summed E-state index contributed by atoms with van der Waals surface area (Å²) in [5, 5.41) is 7.83. The molecule has 23 heavy (non-hydrogen) atoms. The summed E-state index contributed by atoms with van der Waals surface area (Å²) in [7, 11) is 0. The molecule has 0 saturated heterocycles. The van der Waals surface area contributed by atoms with Crippen LogP contribution in [0.15, 0.2) is 66.7 Å². The molecular weight excluding hydrogens is 551 g/mol. The normalized spacial score (nSPS) is 11.5. The zero-order valence-electron chi connectivity index (χ0n) is 11.9. The average molecular weight is 562 g/mol. The van der Waals surface area contributed by atoms with E-state index in [1.54, 1.807) is 0 Å². The summed E-state index contributed by atoms with van der Waals surface area (Å²) in [6.45, 7) is 0. The molecule has 0 bridgehead atoms. The molecule has 4 rings (SSSR count). The van der Waals surface area contributed by atoms with E-state index < -0.39 is 13.6 Å². The van der Waals surface area contributed by atoms with Gasteiger partial charge in [0, 0.05) is 0 Å². The van der Waals surface area contributed by atoms with Crippen molar-refractivity contribution in [2.45, 2.75) is 0 Å². The molecule has 114 valence electrons. The van der Waals surface area contributed by atoms with Gasteiger partial charge in [0.1, 0.15) is 0 Å². The Morgan fingerprint density at radius 1 is 0.609 bits per heavy atom. The van der Waals surface area contributed by atoms with Crippen molar-refractivity contribution < 1.29 is 3.55 Å². The summed E-state index contributed by atoms with van der Waals surface area (Å²) >= 11 is 0.617. The molecule has 4 aromatic rings. The molecule has 0 aliphatic carbocycles. The van der Waals surface area contributed by atoms with E-state index in [-0.39, 0.29) is 11.3 Å². The van der Waals surface area contributed by atoms with Gasteiger partial charge in [0.2, 0.25) is 0 Å². The van der Waals surface area contributed by atoms with Crippen molar-refractivity contribution in [3.8, 4) is 0 Å². The van der Waals surface area contributed by atoms with Crippen LogP contribution in [0.1, 0.15) is 0 Å². The summed E-state index contributed by atoms with van der Waals surface area (Å²) in [5.41, 5.74) is 0. The number of halogens is 1. The summed E-state index contributed by atoms with van der Waals surface area (Å²) in [6, 6.07) is 24.3. The van der Waals surface area contributed by atoms with E-state index in [4.69, 9.17) is 0 Å². The van der Waals surface area contributed by atoms with Crippen molar-refractivity contribution in [2.75, 3.05) is 0 Å². The first-order chi connectivity index (χ1) is 11.3. The number of hydrogen-bond donors (Lipinski definition) is 0. The van der Waals surface area contributed by atoms with Gasteiger partial charge in [0.15, 0.2) is 0 Å². The standard InChI is InChI=1S/C18H11FSe4/c19-21-23-22-20-18-7-3-6-14-10-15-8-12-4-1-2-5-13(12)9-16(15)11-17(14)18/h1-11H. The Morgan fingerprint density at radius 3 is 2.00 bits per heavy atom. The molecule has 0 spiro atoms. The molecule has 0 aliphatic heterocycles. The number of rotatable bonds is 4. The molecule has 0 N–H and O–H groups in total. The van der Waals surface area contributed by atoms with Gasteiger partial charge in [-0.15, -0.1) is 0 Å². The predicted molar refractivity (Wildman–Crippen MR) is 103 cm³/mol. The van der Waals surface area contributed by atoms with Gasteiger partial charge < -0.3 is 0 Å². The fourth-order valence-electron chi connectivity index (χ4n) is 2.82. The van der Waals surface area contributed by atoms with E-state index >= 15 is 0 Å². The molecule has 0 saturated carbocycles. The van der Waals surface area contributed by atoms with Crippen LogP contribution in [0.2, 0.25) is 0 Å². The van der Waals surface area contributed by atoms with E-state index in [1.165, 1.54) is 36.8 Å². The molecule has 0 fully saturated rings. The third-order valence-electron chi connectivity index (χ3n) is 3.84. The zero-order chi connectivity index (χ0) is 15.6. The molecule has 0 heterocycles. The fraction of sp³-hybridized carbons (Fsp3) is 0. The van der Waals surface area contributed by atoms with Gasteiger partial charge in [0.25, 0.3) is 0 Å². The van der Waals surface area contributed by atoms with Gasteiger partial charge in [-0.3, -0.25) is 0 Å². The monoisotopic (exact) mass is 566 g/mol.